The van der Waals surface area contributed by atoms with Crippen molar-refractivity contribution in [2.24, 2.45) is 0 Å². The standard InChI is InChI=1S/C27H20F4N4O2/c28-21-3-1-16(11-22(21)29)27(37)34-18-12-20(25(31)23(30)13-18)26(36)15-2-4-24-17(9-15)10-19(14-33-24)35-7-5-32-6-8-35/h1-4,9-14,32H,5-8H2,(H,34,37). The van der Waals surface area contributed by atoms with E-state index in [0.29, 0.717) is 23.0 Å². The Labute approximate surface area is 208 Å². The number of carbonyl (C=O) groups excluding carboxylic acids is 2. The van der Waals surface area contributed by atoms with Crippen LogP contribution in [0.3, 0.4) is 0 Å². The molecule has 0 bridgehead atoms. The second-order valence-corrected chi connectivity index (χ2v) is 8.57. The summed E-state index contributed by atoms with van der Waals surface area (Å²) in [4.78, 5) is 32.2. The number of halogens is 4. The van der Waals surface area contributed by atoms with Crippen LogP contribution in [0.25, 0.3) is 10.9 Å². The SMILES string of the molecule is O=C(Nc1cc(F)c(F)c(C(=O)c2ccc3ncc(N4CCNCC4)cc3c2)c1)c1ccc(F)c(F)c1. The number of anilines is 2. The summed E-state index contributed by atoms with van der Waals surface area (Å²) in [5.41, 5.74) is 0.576. The lowest BCUT2D eigenvalue weighted by molar-refractivity contribution is 0.101. The summed E-state index contributed by atoms with van der Waals surface area (Å²) in [5.74, 6) is -6.78. The Kier molecular flexibility index (Phi) is 6.58. The smallest absolute Gasteiger partial charge is 0.255 e. The molecule has 0 aliphatic carbocycles. The van der Waals surface area contributed by atoms with Crippen LogP contribution in [-0.4, -0.2) is 42.9 Å². The minimum Gasteiger partial charge on any atom is -0.368 e. The Morgan fingerprint density at radius 2 is 1.59 bits per heavy atom. The van der Waals surface area contributed by atoms with Gasteiger partial charge >= 0.3 is 0 Å². The van der Waals surface area contributed by atoms with Crippen LogP contribution in [0, 0.1) is 23.3 Å². The lowest BCUT2D eigenvalue weighted by atomic mass is 10.00. The molecule has 0 unspecified atom stereocenters. The van der Waals surface area contributed by atoms with Crippen LogP contribution in [-0.2, 0) is 0 Å². The van der Waals surface area contributed by atoms with Crippen molar-refractivity contribution >= 4 is 34.0 Å². The first kappa shape index (κ1) is 24.4. The fraction of sp³-hybridized carbons (Fsp3) is 0.148. The predicted molar refractivity (Wildman–Crippen MR) is 131 cm³/mol. The van der Waals surface area contributed by atoms with Gasteiger partial charge in [0.05, 0.1) is 23.0 Å². The molecule has 1 aromatic heterocycles. The molecule has 2 N–H and O–H groups in total. The maximum absolute atomic E-state index is 14.7. The molecule has 0 spiro atoms. The molecular formula is C27H20F4N4O2. The molecule has 1 aliphatic heterocycles. The molecule has 2 heterocycles. The number of ketones is 1. The third-order valence-electron chi connectivity index (χ3n) is 6.12. The number of nitrogens with one attached hydrogen (secondary N) is 2. The molecule has 10 heteroatoms. The number of carbonyl (C=O) groups is 2. The van der Waals surface area contributed by atoms with E-state index in [-0.39, 0.29) is 16.8 Å². The zero-order valence-corrected chi connectivity index (χ0v) is 19.3. The molecule has 6 nitrogen and oxygen atoms in total. The highest BCUT2D eigenvalue weighted by Gasteiger charge is 2.21. The number of piperazine rings is 1. The van der Waals surface area contributed by atoms with Crippen molar-refractivity contribution in [2.75, 3.05) is 36.4 Å². The summed E-state index contributed by atoms with van der Waals surface area (Å²) < 4.78 is 55.7. The van der Waals surface area contributed by atoms with Crippen molar-refractivity contribution in [1.29, 1.82) is 0 Å². The average Bonchev–Trinajstić information content (AvgIpc) is 2.91. The van der Waals surface area contributed by atoms with Gasteiger partial charge in [-0.15, -0.1) is 0 Å². The zero-order chi connectivity index (χ0) is 26.1. The molecule has 0 saturated carbocycles. The molecular weight excluding hydrogens is 488 g/mol. The first-order chi connectivity index (χ1) is 17.8. The molecule has 188 valence electrons. The van der Waals surface area contributed by atoms with E-state index in [0.717, 1.165) is 50.1 Å². The first-order valence-corrected chi connectivity index (χ1v) is 11.5. The van der Waals surface area contributed by atoms with E-state index in [1.165, 1.54) is 6.07 Å². The van der Waals surface area contributed by atoms with E-state index in [1.807, 2.05) is 6.07 Å². The van der Waals surface area contributed by atoms with Crippen LogP contribution in [0.15, 0.2) is 60.8 Å². The predicted octanol–water partition coefficient (Wildman–Crippen LogP) is 4.68. The minimum atomic E-state index is -1.37. The normalized spacial score (nSPS) is 13.6. The average molecular weight is 508 g/mol. The van der Waals surface area contributed by atoms with Crippen LogP contribution in [0.2, 0.25) is 0 Å². The number of pyridine rings is 1. The van der Waals surface area contributed by atoms with Gasteiger partial charge in [0.15, 0.2) is 29.1 Å². The monoisotopic (exact) mass is 508 g/mol. The van der Waals surface area contributed by atoms with Crippen LogP contribution in [0.4, 0.5) is 28.9 Å². The Morgan fingerprint density at radius 1 is 0.838 bits per heavy atom. The van der Waals surface area contributed by atoms with Gasteiger partial charge in [0.1, 0.15) is 0 Å². The Morgan fingerprint density at radius 3 is 2.35 bits per heavy atom. The number of rotatable bonds is 5. The van der Waals surface area contributed by atoms with Gasteiger partial charge in [0, 0.05) is 54.4 Å². The molecule has 1 amide bonds. The Bertz CT molecular complexity index is 1540. The fourth-order valence-electron chi connectivity index (χ4n) is 4.18. The number of amides is 1. The molecule has 37 heavy (non-hydrogen) atoms. The molecule has 3 aromatic carbocycles. The lowest BCUT2D eigenvalue weighted by Gasteiger charge is -2.29. The van der Waals surface area contributed by atoms with Crippen LogP contribution < -0.4 is 15.5 Å². The number of hydrogen-bond acceptors (Lipinski definition) is 5. The van der Waals surface area contributed by atoms with E-state index in [4.69, 9.17) is 0 Å². The summed E-state index contributed by atoms with van der Waals surface area (Å²) in [6.07, 6.45) is 1.75. The van der Waals surface area contributed by atoms with Crippen LogP contribution >= 0.6 is 0 Å². The molecule has 5 rings (SSSR count). The minimum absolute atomic E-state index is 0.106. The van der Waals surface area contributed by atoms with Gasteiger partial charge in [0.25, 0.3) is 5.91 Å². The molecule has 1 fully saturated rings. The van der Waals surface area contributed by atoms with Crippen molar-refractivity contribution in [3.63, 3.8) is 0 Å². The van der Waals surface area contributed by atoms with Gasteiger partial charge in [0.2, 0.25) is 0 Å². The Balaban J connectivity index is 1.44. The number of nitrogens with zero attached hydrogens (tertiary/aromatic N) is 2. The third kappa shape index (κ3) is 5.01. The first-order valence-electron chi connectivity index (χ1n) is 11.5. The van der Waals surface area contributed by atoms with E-state index >= 15 is 0 Å². The number of benzene rings is 3. The van der Waals surface area contributed by atoms with E-state index < -0.39 is 40.5 Å². The summed E-state index contributed by atoms with van der Waals surface area (Å²) in [6, 6.07) is 10.7. The van der Waals surface area contributed by atoms with Gasteiger partial charge < -0.3 is 15.5 Å². The summed E-state index contributed by atoms with van der Waals surface area (Å²) in [5, 5.41) is 6.22. The van der Waals surface area contributed by atoms with Gasteiger partial charge in [-0.2, -0.15) is 0 Å². The topological polar surface area (TPSA) is 74.3 Å². The number of aromatic nitrogens is 1. The maximum Gasteiger partial charge on any atom is 0.255 e. The number of fused-ring (bicyclic) bond motifs is 1. The van der Waals surface area contributed by atoms with Crippen molar-refractivity contribution in [3.05, 3.63) is 101 Å². The number of hydrogen-bond donors (Lipinski definition) is 2. The summed E-state index contributed by atoms with van der Waals surface area (Å²) in [7, 11) is 0. The van der Waals surface area contributed by atoms with Gasteiger partial charge in [-0.05, 0) is 48.5 Å². The highest BCUT2D eigenvalue weighted by molar-refractivity contribution is 6.12. The molecule has 0 atom stereocenters. The lowest BCUT2D eigenvalue weighted by Crippen LogP contribution is -2.43. The highest BCUT2D eigenvalue weighted by Crippen LogP contribution is 2.26. The zero-order valence-electron chi connectivity index (χ0n) is 19.3. The quantitative estimate of drug-likeness (QED) is 0.303. The summed E-state index contributed by atoms with van der Waals surface area (Å²) >= 11 is 0. The largest absolute Gasteiger partial charge is 0.368 e. The maximum atomic E-state index is 14.7. The molecule has 1 saturated heterocycles. The van der Waals surface area contributed by atoms with Gasteiger partial charge in [-0.25, -0.2) is 17.6 Å². The van der Waals surface area contributed by atoms with Crippen molar-refractivity contribution in [3.8, 4) is 0 Å². The fourth-order valence-corrected chi connectivity index (χ4v) is 4.18. The highest BCUT2D eigenvalue weighted by atomic mass is 19.2. The van der Waals surface area contributed by atoms with Gasteiger partial charge in [-0.1, -0.05) is 0 Å². The molecule has 0 radical (unpaired) electrons. The second kappa shape index (κ2) is 9.98. The van der Waals surface area contributed by atoms with Gasteiger partial charge in [-0.3, -0.25) is 14.6 Å². The third-order valence-corrected chi connectivity index (χ3v) is 6.12. The molecule has 4 aromatic rings. The van der Waals surface area contributed by atoms with Crippen molar-refractivity contribution in [2.45, 2.75) is 0 Å². The molecule has 1 aliphatic rings. The van der Waals surface area contributed by atoms with E-state index in [9.17, 15) is 27.2 Å². The summed E-state index contributed by atoms with van der Waals surface area (Å²) in [6.45, 7) is 3.29. The van der Waals surface area contributed by atoms with Crippen molar-refractivity contribution in [1.82, 2.24) is 10.3 Å². The van der Waals surface area contributed by atoms with E-state index in [1.54, 1.807) is 18.3 Å². The second-order valence-electron chi connectivity index (χ2n) is 8.57. The van der Waals surface area contributed by atoms with E-state index in [2.05, 4.69) is 20.5 Å². The van der Waals surface area contributed by atoms with Crippen molar-refractivity contribution < 1.29 is 27.2 Å². The Hall–Kier alpha value is -4.31. The van der Waals surface area contributed by atoms with Crippen LogP contribution in [0.5, 0.6) is 0 Å². The van der Waals surface area contributed by atoms with Crippen LogP contribution in [0.1, 0.15) is 26.3 Å².